The van der Waals surface area contributed by atoms with Gasteiger partial charge in [0.15, 0.2) is 5.78 Å². The summed E-state index contributed by atoms with van der Waals surface area (Å²) in [6, 6.07) is 0. The molecule has 108 valence electrons. The maximum Gasteiger partial charge on any atom is 0.224 e. The Bertz CT molecular complexity index is 374. The van der Waals surface area contributed by atoms with Crippen molar-refractivity contribution in [1.82, 2.24) is 10.6 Å². The van der Waals surface area contributed by atoms with Crippen molar-refractivity contribution in [2.24, 2.45) is 11.8 Å². The molecule has 0 bridgehead atoms. The van der Waals surface area contributed by atoms with Gasteiger partial charge in [0, 0.05) is 18.0 Å². The molecule has 1 saturated carbocycles. The molecule has 1 aliphatic carbocycles. The Hall–Kier alpha value is -1.03. The molecule has 1 rings (SSSR count). The third kappa shape index (κ3) is 5.64. The molecule has 5 heteroatoms. The number of nitrogens with one attached hydrogen (secondary N) is 2. The quantitative estimate of drug-likeness (QED) is 0.531. The topological polar surface area (TPSA) is 58.2 Å². The van der Waals surface area contributed by atoms with Crippen molar-refractivity contribution in [1.29, 1.82) is 0 Å². The second-order valence-electron chi connectivity index (χ2n) is 5.37. The minimum atomic E-state index is 0.0149. The van der Waals surface area contributed by atoms with Crippen LogP contribution in [-0.2, 0) is 9.59 Å². The van der Waals surface area contributed by atoms with E-state index in [0.717, 1.165) is 24.1 Å². The maximum atomic E-state index is 11.5. The lowest BCUT2D eigenvalue weighted by Crippen LogP contribution is -2.35. The molecular formula is C14H23ClN2O2. The molecule has 0 saturated heterocycles. The molecule has 0 spiro atoms. The van der Waals surface area contributed by atoms with E-state index in [1.807, 2.05) is 6.92 Å². The van der Waals surface area contributed by atoms with Gasteiger partial charge in [-0.2, -0.15) is 0 Å². The Balaban J connectivity index is 2.48. The number of hydrogen-bond acceptors (Lipinski definition) is 3. The number of allylic oxidation sites excluding steroid dienone is 2. The Morgan fingerprint density at radius 2 is 1.89 bits per heavy atom. The second kappa shape index (κ2) is 7.53. The molecule has 2 N–H and O–H groups in total. The van der Waals surface area contributed by atoms with Gasteiger partial charge in [-0.05, 0) is 31.3 Å². The zero-order chi connectivity index (χ0) is 14.4. The van der Waals surface area contributed by atoms with Crippen LogP contribution in [0, 0.1) is 11.8 Å². The number of halogens is 1. The molecule has 0 heterocycles. The minimum absolute atomic E-state index is 0.0149. The fourth-order valence-corrected chi connectivity index (χ4v) is 2.10. The van der Waals surface area contributed by atoms with Gasteiger partial charge < -0.3 is 10.6 Å². The first kappa shape index (κ1) is 16.0. The molecule has 1 aliphatic rings. The molecule has 0 unspecified atom stereocenters. The van der Waals surface area contributed by atoms with Gasteiger partial charge in [0.05, 0.1) is 12.5 Å². The van der Waals surface area contributed by atoms with Crippen molar-refractivity contribution in [3.8, 4) is 0 Å². The van der Waals surface area contributed by atoms with E-state index in [9.17, 15) is 9.59 Å². The van der Waals surface area contributed by atoms with Crippen LogP contribution in [0.1, 0.15) is 40.0 Å². The Labute approximate surface area is 120 Å². The fourth-order valence-electron chi connectivity index (χ4n) is 2.00. The van der Waals surface area contributed by atoms with Crippen molar-refractivity contribution in [3.63, 3.8) is 0 Å². The van der Waals surface area contributed by atoms with E-state index < -0.39 is 0 Å². The first-order valence-electron chi connectivity index (χ1n) is 6.74. The number of rotatable bonds is 8. The summed E-state index contributed by atoms with van der Waals surface area (Å²) in [5.74, 6) is 0.667. The summed E-state index contributed by atoms with van der Waals surface area (Å²) >= 11 is 5.52. The molecule has 0 aromatic carbocycles. The van der Waals surface area contributed by atoms with E-state index in [4.69, 9.17) is 11.6 Å². The summed E-state index contributed by atoms with van der Waals surface area (Å²) < 4.78 is 0. The van der Waals surface area contributed by atoms with Crippen LogP contribution >= 0.6 is 11.6 Å². The van der Waals surface area contributed by atoms with Crippen LogP contribution in [0.25, 0.3) is 0 Å². The van der Waals surface area contributed by atoms with Crippen molar-refractivity contribution in [3.05, 3.63) is 11.3 Å². The normalized spacial score (nSPS) is 16.1. The van der Waals surface area contributed by atoms with E-state index in [-0.39, 0.29) is 29.4 Å². The van der Waals surface area contributed by atoms with Crippen LogP contribution in [0.5, 0.6) is 0 Å². The third-order valence-electron chi connectivity index (χ3n) is 3.14. The standard InChI is InChI=1S/C14H23ClN2O2/c1-9(2)13(10(3)6-12(18)7-15)16-8-17-14(19)11-4-5-11/h9,11,16H,4-8H2,1-3H3,(H,17,19). The predicted molar refractivity (Wildman–Crippen MR) is 76.8 cm³/mol. The number of carbonyl (C=O) groups is 2. The highest BCUT2D eigenvalue weighted by molar-refractivity contribution is 6.27. The monoisotopic (exact) mass is 286 g/mol. The number of carbonyl (C=O) groups excluding carboxylic acids is 2. The smallest absolute Gasteiger partial charge is 0.224 e. The van der Waals surface area contributed by atoms with Crippen LogP contribution in [0.3, 0.4) is 0 Å². The average Bonchev–Trinajstić information content (AvgIpc) is 3.17. The Morgan fingerprint density at radius 1 is 1.26 bits per heavy atom. The highest BCUT2D eigenvalue weighted by Gasteiger charge is 2.29. The molecule has 1 fully saturated rings. The number of hydrogen-bond donors (Lipinski definition) is 2. The van der Waals surface area contributed by atoms with Crippen molar-refractivity contribution in [2.45, 2.75) is 40.0 Å². The van der Waals surface area contributed by atoms with Crippen molar-refractivity contribution >= 4 is 23.3 Å². The van der Waals surface area contributed by atoms with Crippen molar-refractivity contribution < 1.29 is 9.59 Å². The second-order valence-corrected chi connectivity index (χ2v) is 5.63. The number of Topliss-reactive ketones (excluding diaryl/α,β-unsaturated/α-hetero) is 1. The summed E-state index contributed by atoms with van der Waals surface area (Å²) in [6.07, 6.45) is 2.37. The highest BCUT2D eigenvalue weighted by atomic mass is 35.5. The lowest BCUT2D eigenvalue weighted by molar-refractivity contribution is -0.122. The molecule has 0 aromatic rings. The van der Waals surface area contributed by atoms with Crippen LogP contribution in [0.4, 0.5) is 0 Å². The van der Waals surface area contributed by atoms with Crippen LogP contribution in [0.2, 0.25) is 0 Å². The highest BCUT2D eigenvalue weighted by Crippen LogP contribution is 2.28. The zero-order valence-corrected chi connectivity index (χ0v) is 12.6. The summed E-state index contributed by atoms with van der Waals surface area (Å²) in [5, 5.41) is 6.07. The number of ketones is 1. The molecule has 4 nitrogen and oxygen atoms in total. The van der Waals surface area contributed by atoms with E-state index in [1.54, 1.807) is 0 Å². The molecule has 0 atom stereocenters. The maximum absolute atomic E-state index is 11.5. The molecule has 0 radical (unpaired) electrons. The Kier molecular flexibility index (Phi) is 6.35. The first-order valence-corrected chi connectivity index (χ1v) is 7.28. The summed E-state index contributed by atoms with van der Waals surface area (Å²) in [7, 11) is 0. The van der Waals surface area contributed by atoms with Gasteiger partial charge in [-0.1, -0.05) is 13.8 Å². The predicted octanol–water partition coefficient (Wildman–Crippen LogP) is 2.19. The van der Waals surface area contributed by atoms with Crippen molar-refractivity contribution in [2.75, 3.05) is 12.5 Å². The lowest BCUT2D eigenvalue weighted by Gasteiger charge is -2.18. The first-order chi connectivity index (χ1) is 8.95. The lowest BCUT2D eigenvalue weighted by atomic mass is 10.0. The minimum Gasteiger partial charge on any atom is -0.371 e. The van der Waals surface area contributed by atoms with E-state index in [0.29, 0.717) is 13.1 Å². The summed E-state index contributed by atoms with van der Waals surface area (Å²) in [6.45, 7) is 6.45. The Morgan fingerprint density at radius 3 is 2.37 bits per heavy atom. The fraction of sp³-hybridized carbons (Fsp3) is 0.714. The van der Waals surface area contributed by atoms with Gasteiger partial charge in [-0.3, -0.25) is 9.59 Å². The zero-order valence-electron chi connectivity index (χ0n) is 11.9. The van der Waals surface area contributed by atoms with Crippen LogP contribution in [0.15, 0.2) is 11.3 Å². The van der Waals surface area contributed by atoms with Gasteiger partial charge in [-0.25, -0.2) is 0 Å². The molecule has 0 aliphatic heterocycles. The SMILES string of the molecule is CC(CC(=O)CCl)=C(NCNC(=O)C1CC1)C(C)C. The number of alkyl halides is 1. The third-order valence-corrected chi connectivity index (χ3v) is 3.44. The molecule has 19 heavy (non-hydrogen) atoms. The summed E-state index contributed by atoms with van der Waals surface area (Å²) in [5.41, 5.74) is 2.00. The average molecular weight is 287 g/mol. The van der Waals surface area contributed by atoms with Gasteiger partial charge in [0.25, 0.3) is 0 Å². The largest absolute Gasteiger partial charge is 0.371 e. The van der Waals surface area contributed by atoms with Gasteiger partial charge in [0.1, 0.15) is 0 Å². The molecule has 0 aromatic heterocycles. The van der Waals surface area contributed by atoms with Gasteiger partial charge in [0.2, 0.25) is 5.91 Å². The van der Waals surface area contributed by atoms with Crippen LogP contribution < -0.4 is 10.6 Å². The van der Waals surface area contributed by atoms with E-state index >= 15 is 0 Å². The molecule has 1 amide bonds. The molecular weight excluding hydrogens is 264 g/mol. The van der Waals surface area contributed by atoms with Gasteiger partial charge >= 0.3 is 0 Å². The van der Waals surface area contributed by atoms with Gasteiger partial charge in [-0.15, -0.1) is 11.6 Å². The van der Waals surface area contributed by atoms with E-state index in [1.165, 1.54) is 0 Å². The van der Waals surface area contributed by atoms with Crippen LogP contribution in [-0.4, -0.2) is 24.2 Å². The summed E-state index contributed by atoms with van der Waals surface area (Å²) in [4.78, 5) is 22.9. The van der Waals surface area contributed by atoms with E-state index in [2.05, 4.69) is 24.5 Å². The number of amides is 1.